The maximum Gasteiger partial charge on any atom is 0.255 e. The molecule has 30 heavy (non-hydrogen) atoms. The summed E-state index contributed by atoms with van der Waals surface area (Å²) in [6.45, 7) is 5.72. The summed E-state index contributed by atoms with van der Waals surface area (Å²) in [4.78, 5) is 14.7. The van der Waals surface area contributed by atoms with Crippen LogP contribution in [0, 0.1) is 30.6 Å². The highest BCUT2D eigenvalue weighted by Gasteiger charge is 2.54. The maximum absolute atomic E-state index is 12.8. The third-order valence-corrected chi connectivity index (χ3v) is 6.60. The van der Waals surface area contributed by atoms with E-state index < -0.39 is 0 Å². The van der Waals surface area contributed by atoms with E-state index in [1.54, 1.807) is 18.2 Å². The Morgan fingerprint density at radius 2 is 1.80 bits per heavy atom. The number of aromatic nitrogens is 2. The van der Waals surface area contributed by atoms with Crippen molar-refractivity contribution in [2.45, 2.75) is 32.6 Å². The number of likely N-dealkylation sites (tertiary alicyclic amines) is 1. The minimum atomic E-state index is -0.0259. The number of carbonyl (C=O) groups is 1. The second-order valence-electron chi connectivity index (χ2n) is 8.83. The summed E-state index contributed by atoms with van der Waals surface area (Å²) >= 11 is 0. The van der Waals surface area contributed by atoms with E-state index in [2.05, 4.69) is 48.0 Å². The van der Waals surface area contributed by atoms with Gasteiger partial charge in [0.05, 0.1) is 28.6 Å². The Balaban J connectivity index is 1.29. The van der Waals surface area contributed by atoms with Gasteiger partial charge in [-0.1, -0.05) is 30.3 Å². The lowest BCUT2D eigenvalue weighted by molar-refractivity contribution is -0.0565. The van der Waals surface area contributed by atoms with Crippen LogP contribution in [0.4, 0.5) is 0 Å². The maximum atomic E-state index is 12.8. The molecule has 0 unspecified atom stereocenters. The number of nitriles is 1. The van der Waals surface area contributed by atoms with Gasteiger partial charge in [-0.3, -0.25) is 4.79 Å². The van der Waals surface area contributed by atoms with Crippen LogP contribution in [-0.2, 0) is 0 Å². The zero-order valence-electron chi connectivity index (χ0n) is 17.3. The van der Waals surface area contributed by atoms with Crippen molar-refractivity contribution >= 4 is 5.91 Å². The highest BCUT2D eigenvalue weighted by Crippen LogP contribution is 2.56. The zero-order chi connectivity index (χ0) is 20.9. The normalized spacial score (nSPS) is 17.3. The molecule has 0 atom stereocenters. The number of amides is 1. The molecule has 5 nitrogen and oxygen atoms in total. The van der Waals surface area contributed by atoms with Crippen LogP contribution in [0.2, 0.25) is 0 Å². The van der Waals surface area contributed by atoms with Crippen LogP contribution in [0.1, 0.15) is 51.6 Å². The molecule has 1 aliphatic heterocycles. The molecule has 2 fully saturated rings. The molecule has 150 valence electrons. The molecular formula is C25H24N4O. The average Bonchev–Trinajstić information content (AvgIpc) is 3.07. The molecule has 1 aliphatic carbocycles. The van der Waals surface area contributed by atoms with Crippen LogP contribution in [0.15, 0.2) is 54.6 Å². The zero-order valence-corrected chi connectivity index (χ0v) is 17.3. The van der Waals surface area contributed by atoms with Crippen LogP contribution in [0.3, 0.4) is 0 Å². The number of benzene rings is 2. The molecule has 5 rings (SSSR count). The Bertz CT molecular complexity index is 1170. The van der Waals surface area contributed by atoms with Crippen LogP contribution >= 0.6 is 0 Å². The molecule has 2 aromatic carbocycles. The SMILES string of the molecule is Cc1cc(C2CC3(C2)CN(C(=O)c2ccccc2C#N)C3)n(-c2ccccc2C)n1. The van der Waals surface area contributed by atoms with Gasteiger partial charge >= 0.3 is 0 Å². The van der Waals surface area contributed by atoms with Gasteiger partial charge in [0.25, 0.3) is 5.91 Å². The van der Waals surface area contributed by atoms with E-state index in [0.29, 0.717) is 17.0 Å². The Kier molecular flexibility index (Phi) is 4.25. The second kappa shape index (κ2) is 6.84. The van der Waals surface area contributed by atoms with Crippen molar-refractivity contribution in [3.05, 3.63) is 82.7 Å². The standard InChI is InChI=1S/C25H24N4O/c1-17-7-3-6-10-22(17)29-23(11-18(2)27-29)20-12-25(13-20)15-28(16-25)24(30)21-9-5-4-8-19(21)14-26/h3-11,20H,12-13,15-16H2,1-2H3. The molecule has 2 heterocycles. The minimum Gasteiger partial charge on any atom is -0.337 e. The van der Waals surface area contributed by atoms with Gasteiger partial charge in [-0.05, 0) is 56.5 Å². The first-order chi connectivity index (χ1) is 14.5. The molecule has 3 aromatic rings. The number of rotatable bonds is 3. The lowest BCUT2D eigenvalue weighted by atomic mass is 9.57. The Labute approximate surface area is 176 Å². The van der Waals surface area contributed by atoms with E-state index in [1.807, 2.05) is 17.9 Å². The Hall–Kier alpha value is -3.39. The average molecular weight is 396 g/mol. The molecular weight excluding hydrogens is 372 g/mol. The van der Waals surface area contributed by atoms with Gasteiger partial charge in [-0.25, -0.2) is 4.68 Å². The van der Waals surface area contributed by atoms with Crippen molar-refractivity contribution in [1.82, 2.24) is 14.7 Å². The molecule has 5 heteroatoms. The van der Waals surface area contributed by atoms with E-state index in [9.17, 15) is 10.1 Å². The predicted octanol–water partition coefficient (Wildman–Crippen LogP) is 4.38. The first-order valence-electron chi connectivity index (χ1n) is 10.4. The highest BCUT2D eigenvalue weighted by atomic mass is 16.2. The van der Waals surface area contributed by atoms with Crippen molar-refractivity contribution in [1.29, 1.82) is 5.26 Å². The molecule has 1 spiro atoms. The number of hydrogen-bond acceptors (Lipinski definition) is 3. The number of hydrogen-bond donors (Lipinski definition) is 0. The smallest absolute Gasteiger partial charge is 0.255 e. The van der Waals surface area contributed by atoms with E-state index in [1.165, 1.54) is 11.3 Å². The fraction of sp³-hybridized carbons (Fsp3) is 0.320. The molecule has 0 bridgehead atoms. The fourth-order valence-corrected chi connectivity index (χ4v) is 5.10. The van der Waals surface area contributed by atoms with Crippen LogP contribution in [0.25, 0.3) is 5.69 Å². The van der Waals surface area contributed by atoms with Crippen molar-refractivity contribution in [3.63, 3.8) is 0 Å². The van der Waals surface area contributed by atoms with Crippen molar-refractivity contribution in [2.24, 2.45) is 5.41 Å². The van der Waals surface area contributed by atoms with Gasteiger partial charge in [0.2, 0.25) is 0 Å². The molecule has 1 amide bonds. The molecule has 0 radical (unpaired) electrons. The van der Waals surface area contributed by atoms with Gasteiger partial charge in [0, 0.05) is 30.1 Å². The third-order valence-electron chi connectivity index (χ3n) is 6.60. The number of para-hydroxylation sites is 1. The number of nitrogens with zero attached hydrogens (tertiary/aromatic N) is 4. The summed E-state index contributed by atoms with van der Waals surface area (Å²) in [5.41, 5.74) is 5.84. The molecule has 1 aromatic heterocycles. The van der Waals surface area contributed by atoms with Gasteiger partial charge in [-0.2, -0.15) is 10.4 Å². The molecule has 0 N–H and O–H groups in total. The molecule has 1 saturated heterocycles. The van der Waals surface area contributed by atoms with Gasteiger partial charge in [0.15, 0.2) is 0 Å². The topological polar surface area (TPSA) is 61.9 Å². The second-order valence-corrected chi connectivity index (χ2v) is 8.83. The molecule has 2 aliphatic rings. The Morgan fingerprint density at radius 3 is 2.53 bits per heavy atom. The van der Waals surface area contributed by atoms with Crippen LogP contribution in [0.5, 0.6) is 0 Å². The largest absolute Gasteiger partial charge is 0.337 e. The van der Waals surface area contributed by atoms with Crippen molar-refractivity contribution in [2.75, 3.05) is 13.1 Å². The Morgan fingerprint density at radius 1 is 1.10 bits per heavy atom. The monoisotopic (exact) mass is 396 g/mol. The van der Waals surface area contributed by atoms with E-state index in [0.717, 1.165) is 37.3 Å². The summed E-state index contributed by atoms with van der Waals surface area (Å²) in [5.74, 6) is 0.441. The number of aryl methyl sites for hydroxylation is 2. The van der Waals surface area contributed by atoms with Gasteiger partial charge in [-0.15, -0.1) is 0 Å². The summed E-state index contributed by atoms with van der Waals surface area (Å²) in [6, 6.07) is 19.7. The summed E-state index contributed by atoms with van der Waals surface area (Å²) in [7, 11) is 0. The fourth-order valence-electron chi connectivity index (χ4n) is 5.10. The number of carbonyl (C=O) groups excluding carboxylic acids is 1. The van der Waals surface area contributed by atoms with Gasteiger partial charge < -0.3 is 4.90 Å². The predicted molar refractivity (Wildman–Crippen MR) is 115 cm³/mol. The summed E-state index contributed by atoms with van der Waals surface area (Å²) in [5, 5.41) is 14.0. The van der Waals surface area contributed by atoms with Crippen molar-refractivity contribution in [3.8, 4) is 11.8 Å². The summed E-state index contributed by atoms with van der Waals surface area (Å²) in [6.07, 6.45) is 2.15. The highest BCUT2D eigenvalue weighted by molar-refractivity contribution is 5.97. The minimum absolute atomic E-state index is 0.0259. The molecule has 1 saturated carbocycles. The summed E-state index contributed by atoms with van der Waals surface area (Å²) < 4.78 is 2.10. The lowest BCUT2D eigenvalue weighted by Crippen LogP contribution is -2.63. The van der Waals surface area contributed by atoms with Gasteiger partial charge in [0.1, 0.15) is 0 Å². The van der Waals surface area contributed by atoms with E-state index in [4.69, 9.17) is 5.10 Å². The van der Waals surface area contributed by atoms with Crippen molar-refractivity contribution < 1.29 is 4.79 Å². The lowest BCUT2D eigenvalue weighted by Gasteiger charge is -2.59. The first kappa shape index (κ1) is 18.6. The third kappa shape index (κ3) is 2.91. The van der Waals surface area contributed by atoms with Crippen LogP contribution in [-0.4, -0.2) is 33.7 Å². The van der Waals surface area contributed by atoms with E-state index >= 15 is 0 Å². The van der Waals surface area contributed by atoms with Crippen LogP contribution < -0.4 is 0 Å². The quantitative estimate of drug-likeness (QED) is 0.660. The first-order valence-corrected chi connectivity index (χ1v) is 10.4. The van der Waals surface area contributed by atoms with E-state index in [-0.39, 0.29) is 11.3 Å².